The van der Waals surface area contributed by atoms with Crippen molar-refractivity contribution in [2.45, 2.75) is 36.3 Å². The molecule has 2 aromatic rings. The zero-order valence-electron chi connectivity index (χ0n) is 12.5. The zero-order chi connectivity index (χ0) is 14.3. The first-order valence-corrected chi connectivity index (χ1v) is 9.09. The first-order valence-electron chi connectivity index (χ1n) is 7.87. The van der Waals surface area contributed by atoms with Gasteiger partial charge >= 0.3 is 0 Å². The summed E-state index contributed by atoms with van der Waals surface area (Å²) in [6, 6.07) is 6.12. The third kappa shape index (κ3) is 2.57. The van der Waals surface area contributed by atoms with E-state index in [0.717, 1.165) is 18.0 Å². The Hall–Kier alpha value is -1.07. The molecule has 0 radical (unpaired) electrons. The SMILES string of the molecule is CSC1(CN2CCC[C@@H](c3nnc4ccccn34)C2)CC1. The lowest BCUT2D eigenvalue weighted by Crippen LogP contribution is -2.39. The second-order valence-corrected chi connectivity index (χ2v) is 7.72. The van der Waals surface area contributed by atoms with Crippen LogP contribution in [-0.2, 0) is 0 Å². The summed E-state index contributed by atoms with van der Waals surface area (Å²) in [7, 11) is 0. The molecule has 1 atom stereocenters. The quantitative estimate of drug-likeness (QED) is 0.869. The van der Waals surface area contributed by atoms with Gasteiger partial charge in [-0.3, -0.25) is 4.40 Å². The highest BCUT2D eigenvalue weighted by molar-refractivity contribution is 8.00. The molecular weight excluding hydrogens is 280 g/mol. The first kappa shape index (κ1) is 13.6. The lowest BCUT2D eigenvalue weighted by Gasteiger charge is -2.34. The minimum atomic E-state index is 0.522. The molecule has 1 aliphatic carbocycles. The number of hydrogen-bond donors (Lipinski definition) is 0. The maximum absolute atomic E-state index is 4.47. The maximum Gasteiger partial charge on any atom is 0.160 e. The molecule has 2 aromatic heterocycles. The molecule has 4 rings (SSSR count). The zero-order valence-corrected chi connectivity index (χ0v) is 13.4. The molecule has 5 heteroatoms. The Morgan fingerprint density at radius 3 is 3.05 bits per heavy atom. The predicted octanol–water partition coefficient (Wildman–Crippen LogP) is 2.80. The number of aromatic nitrogens is 3. The normalized spacial score (nSPS) is 25.3. The Kier molecular flexibility index (Phi) is 3.42. The fraction of sp³-hybridized carbons (Fsp3) is 0.625. The van der Waals surface area contributed by atoms with Crippen LogP contribution in [0.1, 0.15) is 37.4 Å². The van der Waals surface area contributed by atoms with E-state index in [2.05, 4.69) is 49.8 Å². The smallest absolute Gasteiger partial charge is 0.160 e. The molecule has 0 spiro atoms. The molecule has 1 saturated carbocycles. The highest BCUT2D eigenvalue weighted by Crippen LogP contribution is 2.48. The summed E-state index contributed by atoms with van der Waals surface area (Å²) in [5, 5.41) is 8.78. The van der Waals surface area contributed by atoms with Gasteiger partial charge in [-0.1, -0.05) is 6.07 Å². The molecule has 0 aromatic carbocycles. The third-order valence-electron chi connectivity index (χ3n) is 4.96. The second-order valence-electron chi connectivity index (χ2n) is 6.45. The van der Waals surface area contributed by atoms with Crippen LogP contribution in [0.5, 0.6) is 0 Å². The molecule has 2 fully saturated rings. The van der Waals surface area contributed by atoms with Gasteiger partial charge < -0.3 is 4.90 Å². The number of nitrogens with zero attached hydrogens (tertiary/aromatic N) is 4. The minimum absolute atomic E-state index is 0.522. The highest BCUT2D eigenvalue weighted by Gasteiger charge is 2.43. The number of fused-ring (bicyclic) bond motifs is 1. The second kappa shape index (κ2) is 5.29. The van der Waals surface area contributed by atoms with Crippen molar-refractivity contribution in [3.63, 3.8) is 0 Å². The molecular formula is C16H22N4S. The summed E-state index contributed by atoms with van der Waals surface area (Å²) in [5.41, 5.74) is 0.965. The molecule has 21 heavy (non-hydrogen) atoms. The molecule has 4 nitrogen and oxygen atoms in total. The van der Waals surface area contributed by atoms with E-state index in [1.54, 1.807) is 0 Å². The van der Waals surface area contributed by atoms with Crippen molar-refractivity contribution in [1.82, 2.24) is 19.5 Å². The summed E-state index contributed by atoms with van der Waals surface area (Å²) >= 11 is 2.06. The average molecular weight is 302 g/mol. The fourth-order valence-corrected chi connectivity index (χ4v) is 4.34. The van der Waals surface area contributed by atoms with Crippen LogP contribution >= 0.6 is 11.8 Å². The van der Waals surface area contributed by atoms with Crippen LogP contribution < -0.4 is 0 Å². The number of likely N-dealkylation sites (tertiary alicyclic amines) is 1. The number of hydrogen-bond acceptors (Lipinski definition) is 4. The molecule has 0 N–H and O–H groups in total. The van der Waals surface area contributed by atoms with E-state index < -0.39 is 0 Å². The van der Waals surface area contributed by atoms with Crippen molar-refractivity contribution < 1.29 is 0 Å². The van der Waals surface area contributed by atoms with E-state index in [9.17, 15) is 0 Å². The Morgan fingerprint density at radius 1 is 1.33 bits per heavy atom. The Bertz CT molecular complexity index is 634. The molecule has 1 saturated heterocycles. The number of rotatable bonds is 4. The molecule has 3 heterocycles. The highest BCUT2D eigenvalue weighted by atomic mass is 32.2. The van der Waals surface area contributed by atoms with E-state index in [0.29, 0.717) is 10.7 Å². The third-order valence-corrected chi connectivity index (χ3v) is 6.37. The van der Waals surface area contributed by atoms with Gasteiger partial charge in [0.15, 0.2) is 5.65 Å². The van der Waals surface area contributed by atoms with Crippen LogP contribution in [0.4, 0.5) is 0 Å². The van der Waals surface area contributed by atoms with Crippen LogP contribution in [0.25, 0.3) is 5.65 Å². The molecule has 0 unspecified atom stereocenters. The van der Waals surface area contributed by atoms with Crippen molar-refractivity contribution in [1.29, 1.82) is 0 Å². The summed E-state index contributed by atoms with van der Waals surface area (Å²) in [4.78, 5) is 2.65. The minimum Gasteiger partial charge on any atom is -0.301 e. The van der Waals surface area contributed by atoms with Crippen molar-refractivity contribution in [2.24, 2.45) is 0 Å². The topological polar surface area (TPSA) is 33.4 Å². The van der Waals surface area contributed by atoms with Crippen LogP contribution in [0.2, 0.25) is 0 Å². The maximum atomic E-state index is 4.47. The summed E-state index contributed by atoms with van der Waals surface area (Å²) in [5.74, 6) is 1.66. The Balaban J connectivity index is 1.52. The lowest BCUT2D eigenvalue weighted by molar-refractivity contribution is 0.201. The van der Waals surface area contributed by atoms with Crippen LogP contribution in [0, 0.1) is 0 Å². The molecule has 112 valence electrons. The van der Waals surface area contributed by atoms with Gasteiger partial charge in [-0.2, -0.15) is 11.8 Å². The summed E-state index contributed by atoms with van der Waals surface area (Å²) in [6.07, 6.45) is 9.65. The van der Waals surface area contributed by atoms with Gasteiger partial charge in [-0.05, 0) is 50.6 Å². The first-order chi connectivity index (χ1) is 10.3. The summed E-state index contributed by atoms with van der Waals surface area (Å²) < 4.78 is 2.73. The van der Waals surface area contributed by atoms with E-state index in [1.165, 1.54) is 38.8 Å². The molecule has 0 amide bonds. The summed E-state index contributed by atoms with van der Waals surface area (Å²) in [6.45, 7) is 3.63. The van der Waals surface area contributed by atoms with Crippen LogP contribution in [0.15, 0.2) is 24.4 Å². The lowest BCUT2D eigenvalue weighted by atomic mass is 9.97. The van der Waals surface area contributed by atoms with E-state index >= 15 is 0 Å². The fourth-order valence-electron chi connectivity index (χ4n) is 3.52. The van der Waals surface area contributed by atoms with Crippen molar-refractivity contribution >= 4 is 17.4 Å². The average Bonchev–Trinajstić information content (AvgIpc) is 3.16. The number of pyridine rings is 1. The van der Waals surface area contributed by atoms with Gasteiger partial charge in [0, 0.05) is 30.0 Å². The van der Waals surface area contributed by atoms with Gasteiger partial charge in [0.05, 0.1) is 0 Å². The van der Waals surface area contributed by atoms with E-state index in [4.69, 9.17) is 0 Å². The molecule has 2 aliphatic rings. The van der Waals surface area contributed by atoms with Crippen molar-refractivity contribution in [2.75, 3.05) is 25.9 Å². The van der Waals surface area contributed by atoms with E-state index in [-0.39, 0.29) is 0 Å². The molecule has 0 bridgehead atoms. The van der Waals surface area contributed by atoms with E-state index in [1.807, 2.05) is 12.1 Å². The predicted molar refractivity (Wildman–Crippen MR) is 86.9 cm³/mol. The number of piperidine rings is 1. The van der Waals surface area contributed by atoms with Gasteiger partial charge in [0.25, 0.3) is 0 Å². The monoisotopic (exact) mass is 302 g/mol. The van der Waals surface area contributed by atoms with Crippen LogP contribution in [0.3, 0.4) is 0 Å². The Morgan fingerprint density at radius 2 is 2.24 bits per heavy atom. The van der Waals surface area contributed by atoms with Gasteiger partial charge in [0.1, 0.15) is 5.82 Å². The largest absolute Gasteiger partial charge is 0.301 e. The van der Waals surface area contributed by atoms with Gasteiger partial charge in [0.2, 0.25) is 0 Å². The number of thioether (sulfide) groups is 1. The van der Waals surface area contributed by atoms with Gasteiger partial charge in [-0.25, -0.2) is 0 Å². The standard InChI is InChI=1S/C16H22N4S/c1-21-16(7-8-16)12-19-9-4-5-13(11-19)15-18-17-14-6-2-3-10-20(14)15/h2-3,6,10,13H,4-5,7-9,11-12H2,1H3/t13-/m1/s1. The van der Waals surface area contributed by atoms with Crippen LogP contribution in [-0.4, -0.2) is 50.1 Å². The molecule has 1 aliphatic heterocycles. The van der Waals surface area contributed by atoms with Crippen molar-refractivity contribution in [3.8, 4) is 0 Å². The Labute approximate surface area is 129 Å². The van der Waals surface area contributed by atoms with Gasteiger partial charge in [-0.15, -0.1) is 10.2 Å². The van der Waals surface area contributed by atoms with Crippen molar-refractivity contribution in [3.05, 3.63) is 30.2 Å².